The number of H-pyrrole nitrogens is 1. The van der Waals surface area contributed by atoms with Gasteiger partial charge in [0.05, 0.1) is 11.1 Å². The number of thiazole rings is 1. The third-order valence-corrected chi connectivity index (χ3v) is 7.45. The number of anilines is 1. The summed E-state index contributed by atoms with van der Waals surface area (Å²) in [5, 5.41) is 3.88. The molecule has 0 bridgehead atoms. The van der Waals surface area contributed by atoms with Crippen LogP contribution in [0, 0.1) is 13.8 Å². The summed E-state index contributed by atoms with van der Waals surface area (Å²) in [6, 6.07) is 9.72. The van der Waals surface area contributed by atoms with Crippen molar-refractivity contribution in [1.29, 1.82) is 0 Å². The van der Waals surface area contributed by atoms with E-state index in [9.17, 15) is 14.4 Å². The molecule has 0 saturated carbocycles. The molecule has 34 heavy (non-hydrogen) atoms. The van der Waals surface area contributed by atoms with E-state index in [4.69, 9.17) is 4.74 Å². The fraction of sp³-hybridized carbons (Fsp3) is 0.174. The summed E-state index contributed by atoms with van der Waals surface area (Å²) < 4.78 is 5.00. The second kappa shape index (κ2) is 10.3. The number of aromatic amines is 1. The predicted molar refractivity (Wildman–Crippen MR) is 137 cm³/mol. The minimum atomic E-state index is -0.570. The molecule has 0 unspecified atom stereocenters. The number of aromatic nitrogens is 3. The van der Waals surface area contributed by atoms with Gasteiger partial charge in [0.1, 0.15) is 11.4 Å². The molecule has 0 aliphatic carbocycles. The van der Waals surface area contributed by atoms with Gasteiger partial charge in [-0.1, -0.05) is 54.7 Å². The molecule has 2 N–H and O–H groups in total. The standard InChI is InChI=1S/C23H20N4O4S3/c1-4-10-31-21(30)18-13(3)34-23(25-18)24-15(28)11-32-22-26-19(29)17-16(12(2)33-20(17)27-22)14-8-6-5-7-9-14/h4-9H,1,10-11H2,2-3H3,(H,24,25,28)(H,26,27,29). The number of carbonyl (C=O) groups excluding carboxylic acids is 2. The molecule has 0 radical (unpaired) electrons. The summed E-state index contributed by atoms with van der Waals surface area (Å²) in [6.07, 6.45) is 1.47. The van der Waals surface area contributed by atoms with Gasteiger partial charge in [-0.3, -0.25) is 9.59 Å². The Morgan fingerprint density at radius 3 is 2.68 bits per heavy atom. The molecule has 1 aromatic carbocycles. The zero-order valence-electron chi connectivity index (χ0n) is 18.3. The molecule has 0 aliphatic heterocycles. The van der Waals surface area contributed by atoms with Gasteiger partial charge in [-0.25, -0.2) is 14.8 Å². The Balaban J connectivity index is 1.46. The van der Waals surface area contributed by atoms with Crippen LogP contribution >= 0.6 is 34.4 Å². The van der Waals surface area contributed by atoms with Crippen molar-refractivity contribution in [2.45, 2.75) is 19.0 Å². The van der Waals surface area contributed by atoms with Gasteiger partial charge in [0.15, 0.2) is 16.0 Å². The van der Waals surface area contributed by atoms with Crippen LogP contribution in [0.5, 0.6) is 0 Å². The Labute approximate surface area is 207 Å². The average molecular weight is 513 g/mol. The van der Waals surface area contributed by atoms with Crippen molar-refractivity contribution in [3.8, 4) is 11.1 Å². The Bertz CT molecular complexity index is 1440. The van der Waals surface area contributed by atoms with Crippen molar-refractivity contribution in [1.82, 2.24) is 15.0 Å². The maximum atomic E-state index is 12.9. The number of hydrogen-bond acceptors (Lipinski definition) is 9. The highest BCUT2D eigenvalue weighted by Gasteiger charge is 2.19. The van der Waals surface area contributed by atoms with Crippen LogP contribution in [0.3, 0.4) is 0 Å². The van der Waals surface area contributed by atoms with E-state index in [1.54, 1.807) is 6.92 Å². The lowest BCUT2D eigenvalue weighted by Gasteiger charge is -2.03. The van der Waals surface area contributed by atoms with Gasteiger partial charge in [-0.2, -0.15) is 0 Å². The van der Waals surface area contributed by atoms with E-state index in [-0.39, 0.29) is 29.5 Å². The minimum Gasteiger partial charge on any atom is -0.457 e. The Kier molecular flexibility index (Phi) is 7.25. The number of esters is 1. The molecule has 3 heterocycles. The number of rotatable bonds is 8. The second-order valence-electron chi connectivity index (χ2n) is 7.10. The lowest BCUT2D eigenvalue weighted by molar-refractivity contribution is -0.113. The lowest BCUT2D eigenvalue weighted by Crippen LogP contribution is -2.15. The summed E-state index contributed by atoms with van der Waals surface area (Å²) in [7, 11) is 0. The van der Waals surface area contributed by atoms with Crippen LogP contribution in [0.4, 0.5) is 5.13 Å². The van der Waals surface area contributed by atoms with E-state index in [0.29, 0.717) is 25.4 Å². The first-order valence-electron chi connectivity index (χ1n) is 10.1. The highest BCUT2D eigenvalue weighted by Crippen LogP contribution is 2.35. The van der Waals surface area contributed by atoms with Gasteiger partial charge in [0.25, 0.3) is 5.56 Å². The summed E-state index contributed by atoms with van der Waals surface area (Å²) in [5.74, 6) is -0.890. The summed E-state index contributed by atoms with van der Waals surface area (Å²) in [5.41, 5.74) is 1.76. The molecule has 8 nitrogen and oxygen atoms in total. The predicted octanol–water partition coefficient (Wildman–Crippen LogP) is 4.80. The molecular formula is C23H20N4O4S3. The molecule has 1 amide bonds. The number of amides is 1. The fourth-order valence-electron chi connectivity index (χ4n) is 3.25. The molecule has 11 heteroatoms. The highest BCUT2D eigenvalue weighted by molar-refractivity contribution is 7.99. The zero-order chi connectivity index (χ0) is 24.2. The fourth-order valence-corrected chi connectivity index (χ4v) is 5.83. The highest BCUT2D eigenvalue weighted by atomic mass is 32.2. The molecule has 0 spiro atoms. The number of nitrogens with one attached hydrogen (secondary N) is 2. The molecular weight excluding hydrogens is 492 g/mol. The number of hydrogen-bond donors (Lipinski definition) is 2. The van der Waals surface area contributed by atoms with Gasteiger partial charge in [0, 0.05) is 15.3 Å². The summed E-state index contributed by atoms with van der Waals surface area (Å²) in [6.45, 7) is 7.27. The number of carbonyl (C=O) groups is 2. The van der Waals surface area contributed by atoms with Crippen LogP contribution in [0.2, 0.25) is 0 Å². The molecule has 174 valence electrons. The Morgan fingerprint density at radius 1 is 1.18 bits per heavy atom. The first kappa shape index (κ1) is 23.9. The monoisotopic (exact) mass is 512 g/mol. The molecule has 0 aliphatic rings. The zero-order valence-corrected chi connectivity index (χ0v) is 20.8. The van der Waals surface area contributed by atoms with E-state index >= 15 is 0 Å². The van der Waals surface area contributed by atoms with E-state index in [1.807, 2.05) is 37.3 Å². The first-order chi connectivity index (χ1) is 16.4. The Hall–Kier alpha value is -3.28. The molecule has 4 aromatic rings. The number of fused-ring (bicyclic) bond motifs is 1. The van der Waals surface area contributed by atoms with Gasteiger partial charge in [-0.05, 0) is 19.4 Å². The number of benzene rings is 1. The molecule has 0 fully saturated rings. The van der Waals surface area contributed by atoms with Gasteiger partial charge < -0.3 is 15.0 Å². The van der Waals surface area contributed by atoms with Gasteiger partial charge in [0.2, 0.25) is 5.91 Å². The molecule has 4 rings (SSSR count). The van der Waals surface area contributed by atoms with Crippen LogP contribution in [0.1, 0.15) is 20.2 Å². The number of thiophene rings is 1. The topological polar surface area (TPSA) is 114 Å². The quantitative estimate of drug-likeness (QED) is 0.151. The number of aryl methyl sites for hydroxylation is 2. The van der Waals surface area contributed by atoms with E-state index < -0.39 is 5.97 Å². The van der Waals surface area contributed by atoms with Crippen LogP contribution in [-0.4, -0.2) is 39.2 Å². The van der Waals surface area contributed by atoms with Crippen molar-refractivity contribution >= 4 is 61.7 Å². The molecule has 0 atom stereocenters. The second-order valence-corrected chi connectivity index (χ2v) is 10.5. The average Bonchev–Trinajstić information content (AvgIpc) is 3.35. The maximum absolute atomic E-state index is 12.9. The van der Waals surface area contributed by atoms with Crippen LogP contribution in [0.15, 0.2) is 52.9 Å². The van der Waals surface area contributed by atoms with Crippen molar-refractivity contribution in [2.24, 2.45) is 0 Å². The van der Waals surface area contributed by atoms with Crippen molar-refractivity contribution in [2.75, 3.05) is 17.7 Å². The van der Waals surface area contributed by atoms with E-state index in [1.165, 1.54) is 28.7 Å². The number of nitrogens with zero attached hydrogens (tertiary/aromatic N) is 2. The SMILES string of the molecule is C=CCOC(=O)c1nc(NC(=O)CSc2nc3sc(C)c(-c4ccccc4)c3c(=O)[nH]2)sc1C. The van der Waals surface area contributed by atoms with Gasteiger partial charge in [-0.15, -0.1) is 22.7 Å². The number of thioether (sulfide) groups is 1. The minimum absolute atomic E-state index is 0.0131. The van der Waals surface area contributed by atoms with Gasteiger partial charge >= 0.3 is 5.97 Å². The molecule has 3 aromatic heterocycles. The maximum Gasteiger partial charge on any atom is 0.358 e. The van der Waals surface area contributed by atoms with Crippen LogP contribution < -0.4 is 10.9 Å². The van der Waals surface area contributed by atoms with Crippen LogP contribution in [-0.2, 0) is 9.53 Å². The Morgan fingerprint density at radius 2 is 1.94 bits per heavy atom. The third-order valence-electron chi connectivity index (χ3n) is 4.69. The number of ether oxygens (including phenoxy) is 1. The molecule has 0 saturated heterocycles. The lowest BCUT2D eigenvalue weighted by atomic mass is 10.0. The van der Waals surface area contributed by atoms with Crippen molar-refractivity contribution < 1.29 is 14.3 Å². The van der Waals surface area contributed by atoms with Crippen molar-refractivity contribution in [3.63, 3.8) is 0 Å². The normalized spacial score (nSPS) is 10.9. The van der Waals surface area contributed by atoms with E-state index in [2.05, 4.69) is 26.8 Å². The summed E-state index contributed by atoms with van der Waals surface area (Å²) in [4.78, 5) is 51.0. The van der Waals surface area contributed by atoms with E-state index in [0.717, 1.165) is 27.8 Å². The third kappa shape index (κ3) is 5.11. The first-order valence-corrected chi connectivity index (χ1v) is 12.8. The van der Waals surface area contributed by atoms with Crippen LogP contribution in [0.25, 0.3) is 21.3 Å². The van der Waals surface area contributed by atoms with Crippen molar-refractivity contribution in [3.05, 3.63) is 68.8 Å². The largest absolute Gasteiger partial charge is 0.457 e. The smallest absolute Gasteiger partial charge is 0.358 e. The summed E-state index contributed by atoms with van der Waals surface area (Å²) >= 11 is 3.75.